The molecule has 0 spiro atoms. The van der Waals surface area contributed by atoms with Gasteiger partial charge in [0, 0.05) is 11.4 Å². The zero-order chi connectivity index (χ0) is 15.3. The highest BCUT2D eigenvalue weighted by atomic mass is 32.2. The summed E-state index contributed by atoms with van der Waals surface area (Å²) in [6.07, 6.45) is 0. The number of carbonyl (C=O) groups is 1. The molecule has 1 aromatic rings. The maximum Gasteiger partial charge on any atom is 0.241 e. The van der Waals surface area contributed by atoms with Gasteiger partial charge < -0.3 is 11.1 Å². The average molecular weight is 294 g/mol. The third-order valence-electron chi connectivity index (χ3n) is 3.30. The van der Waals surface area contributed by atoms with Crippen molar-refractivity contribution in [2.45, 2.75) is 51.7 Å². The Kier molecular flexibility index (Phi) is 6.56. The fourth-order valence-corrected chi connectivity index (χ4v) is 2.58. The third-order valence-corrected chi connectivity index (χ3v) is 4.44. The van der Waals surface area contributed by atoms with Crippen LogP contribution in [0.15, 0.2) is 18.2 Å². The predicted octanol–water partition coefficient (Wildman–Crippen LogP) is 3.56. The van der Waals surface area contributed by atoms with Crippen molar-refractivity contribution >= 4 is 23.4 Å². The van der Waals surface area contributed by atoms with E-state index in [9.17, 15) is 4.79 Å². The molecule has 3 nitrogen and oxygen atoms in total. The lowest BCUT2D eigenvalue weighted by atomic mass is 10.0. The second kappa shape index (κ2) is 7.70. The molecule has 20 heavy (non-hydrogen) atoms. The van der Waals surface area contributed by atoms with Gasteiger partial charge in [-0.1, -0.05) is 39.8 Å². The van der Waals surface area contributed by atoms with Crippen LogP contribution in [0.2, 0.25) is 0 Å². The monoisotopic (exact) mass is 294 g/mol. The molecule has 0 saturated heterocycles. The van der Waals surface area contributed by atoms with Gasteiger partial charge in [0.25, 0.3) is 0 Å². The number of nitrogens with one attached hydrogen (secondary N) is 1. The van der Waals surface area contributed by atoms with Crippen LogP contribution >= 0.6 is 11.8 Å². The molecule has 0 aliphatic heterocycles. The number of benzene rings is 1. The van der Waals surface area contributed by atoms with Crippen LogP contribution in [0.25, 0.3) is 0 Å². The van der Waals surface area contributed by atoms with Crippen LogP contribution in [0, 0.1) is 12.8 Å². The molecular formula is C16H26N2OS. The van der Waals surface area contributed by atoms with Crippen LogP contribution < -0.4 is 11.1 Å². The Bertz CT molecular complexity index is 458. The summed E-state index contributed by atoms with van der Waals surface area (Å²) in [5.74, 6) is 0.982. The Morgan fingerprint density at radius 3 is 2.50 bits per heavy atom. The van der Waals surface area contributed by atoms with Crippen LogP contribution in [-0.2, 0) is 10.5 Å². The molecule has 0 aliphatic carbocycles. The largest absolute Gasteiger partial charge is 0.324 e. The maximum atomic E-state index is 12.0. The first-order valence-corrected chi connectivity index (χ1v) is 8.14. The summed E-state index contributed by atoms with van der Waals surface area (Å²) < 4.78 is 0. The van der Waals surface area contributed by atoms with Gasteiger partial charge in [-0.15, -0.1) is 0 Å². The Morgan fingerprint density at radius 1 is 1.30 bits per heavy atom. The molecule has 0 heterocycles. The molecule has 1 rings (SSSR count). The highest BCUT2D eigenvalue weighted by Crippen LogP contribution is 2.25. The van der Waals surface area contributed by atoms with Crippen molar-refractivity contribution in [2.24, 2.45) is 11.7 Å². The highest BCUT2D eigenvalue weighted by molar-refractivity contribution is 7.99. The van der Waals surface area contributed by atoms with E-state index in [0.29, 0.717) is 5.25 Å². The molecular weight excluding hydrogens is 268 g/mol. The highest BCUT2D eigenvalue weighted by Gasteiger charge is 2.18. The number of carbonyl (C=O) groups excluding carboxylic acids is 1. The minimum absolute atomic E-state index is 0.114. The van der Waals surface area contributed by atoms with E-state index in [2.05, 4.69) is 25.2 Å². The van der Waals surface area contributed by atoms with Crippen LogP contribution in [0.3, 0.4) is 0 Å². The summed E-state index contributed by atoms with van der Waals surface area (Å²) in [7, 11) is 0. The molecule has 0 saturated carbocycles. The van der Waals surface area contributed by atoms with Crippen LogP contribution in [0.5, 0.6) is 0 Å². The molecule has 0 radical (unpaired) electrons. The van der Waals surface area contributed by atoms with Crippen molar-refractivity contribution in [1.82, 2.24) is 0 Å². The van der Waals surface area contributed by atoms with Crippen LogP contribution in [0.4, 0.5) is 5.69 Å². The predicted molar refractivity (Wildman–Crippen MR) is 89.1 cm³/mol. The fourth-order valence-electron chi connectivity index (χ4n) is 1.75. The Hall–Kier alpha value is -1.00. The number of rotatable bonds is 6. The Labute approximate surface area is 126 Å². The van der Waals surface area contributed by atoms with E-state index in [0.717, 1.165) is 17.0 Å². The number of hydrogen-bond acceptors (Lipinski definition) is 3. The molecule has 0 unspecified atom stereocenters. The summed E-state index contributed by atoms with van der Waals surface area (Å²) in [6.45, 7) is 10.3. The van der Waals surface area contributed by atoms with Gasteiger partial charge in [0.15, 0.2) is 0 Å². The normalized spacial score (nSPS) is 12.8. The first-order valence-electron chi connectivity index (χ1n) is 7.09. The van der Waals surface area contributed by atoms with Crippen LogP contribution in [-0.4, -0.2) is 17.2 Å². The number of thioether (sulfide) groups is 1. The summed E-state index contributed by atoms with van der Waals surface area (Å²) in [5, 5.41) is 3.55. The van der Waals surface area contributed by atoms with Gasteiger partial charge in [0.2, 0.25) is 5.91 Å². The van der Waals surface area contributed by atoms with Gasteiger partial charge in [0.05, 0.1) is 6.04 Å². The number of anilines is 1. The first kappa shape index (κ1) is 17.1. The summed E-state index contributed by atoms with van der Waals surface area (Å²) in [6, 6.07) is 5.56. The van der Waals surface area contributed by atoms with Crippen molar-refractivity contribution in [3.63, 3.8) is 0 Å². The zero-order valence-electron chi connectivity index (χ0n) is 13.1. The molecule has 1 aromatic carbocycles. The third kappa shape index (κ3) is 4.84. The molecule has 3 N–H and O–H groups in total. The van der Waals surface area contributed by atoms with Gasteiger partial charge in [-0.05, 0) is 35.3 Å². The van der Waals surface area contributed by atoms with E-state index in [1.54, 1.807) is 0 Å². The van der Waals surface area contributed by atoms with Crippen molar-refractivity contribution in [3.8, 4) is 0 Å². The zero-order valence-corrected chi connectivity index (χ0v) is 13.9. The summed E-state index contributed by atoms with van der Waals surface area (Å²) >= 11 is 1.90. The molecule has 0 aliphatic rings. The quantitative estimate of drug-likeness (QED) is 0.843. The molecule has 1 amide bonds. The Morgan fingerprint density at radius 2 is 1.95 bits per heavy atom. The van der Waals surface area contributed by atoms with E-state index in [1.807, 2.05) is 44.7 Å². The van der Waals surface area contributed by atoms with Crippen LogP contribution in [0.1, 0.15) is 38.8 Å². The lowest BCUT2D eigenvalue weighted by Crippen LogP contribution is -2.39. The standard InChI is InChI=1S/C16H26N2OS/c1-10(2)15(17)16(19)18-14-8-6-7-13(12(14)5)9-20-11(3)4/h6-8,10-11,15H,9,17H2,1-5H3,(H,18,19)/t15-/m0/s1. The first-order chi connectivity index (χ1) is 9.32. The number of nitrogens with two attached hydrogens (primary N) is 1. The second-order valence-electron chi connectivity index (χ2n) is 5.71. The van der Waals surface area contributed by atoms with Crippen molar-refractivity contribution in [2.75, 3.05) is 5.32 Å². The van der Waals surface area contributed by atoms with E-state index in [-0.39, 0.29) is 11.8 Å². The lowest BCUT2D eigenvalue weighted by molar-refractivity contribution is -0.118. The summed E-state index contributed by atoms with van der Waals surface area (Å²) in [4.78, 5) is 12.0. The molecule has 0 fully saturated rings. The summed E-state index contributed by atoms with van der Waals surface area (Å²) in [5.41, 5.74) is 9.14. The minimum Gasteiger partial charge on any atom is -0.324 e. The molecule has 0 aromatic heterocycles. The molecule has 0 bridgehead atoms. The molecule has 112 valence electrons. The maximum absolute atomic E-state index is 12.0. The number of amides is 1. The van der Waals surface area contributed by atoms with Crippen molar-refractivity contribution < 1.29 is 4.79 Å². The van der Waals surface area contributed by atoms with Gasteiger partial charge in [-0.2, -0.15) is 11.8 Å². The van der Waals surface area contributed by atoms with E-state index in [4.69, 9.17) is 5.73 Å². The smallest absolute Gasteiger partial charge is 0.241 e. The average Bonchev–Trinajstić information content (AvgIpc) is 2.38. The molecule has 4 heteroatoms. The van der Waals surface area contributed by atoms with Gasteiger partial charge in [-0.25, -0.2) is 0 Å². The minimum atomic E-state index is -0.469. The SMILES string of the molecule is Cc1c(CSC(C)C)cccc1NC(=O)[C@@H](N)C(C)C. The number of hydrogen-bond donors (Lipinski definition) is 2. The van der Waals surface area contributed by atoms with Gasteiger partial charge >= 0.3 is 0 Å². The van der Waals surface area contributed by atoms with Crippen molar-refractivity contribution in [3.05, 3.63) is 29.3 Å². The molecule has 1 atom stereocenters. The van der Waals surface area contributed by atoms with E-state index >= 15 is 0 Å². The second-order valence-corrected chi connectivity index (χ2v) is 7.27. The lowest BCUT2D eigenvalue weighted by Gasteiger charge is -2.18. The topological polar surface area (TPSA) is 55.1 Å². The van der Waals surface area contributed by atoms with Gasteiger partial charge in [-0.3, -0.25) is 4.79 Å². The Balaban J connectivity index is 2.81. The van der Waals surface area contributed by atoms with E-state index < -0.39 is 6.04 Å². The van der Waals surface area contributed by atoms with Crippen molar-refractivity contribution in [1.29, 1.82) is 0 Å². The fraction of sp³-hybridized carbons (Fsp3) is 0.562. The van der Waals surface area contributed by atoms with E-state index in [1.165, 1.54) is 5.56 Å². The van der Waals surface area contributed by atoms with Gasteiger partial charge in [0.1, 0.15) is 0 Å².